The number of rotatable bonds is 4. The normalized spacial score (nSPS) is 27.6. The van der Waals surface area contributed by atoms with Crippen molar-refractivity contribution in [2.24, 2.45) is 0 Å². The molecule has 18 heavy (non-hydrogen) atoms. The summed E-state index contributed by atoms with van der Waals surface area (Å²) < 4.78 is 10.8. The third-order valence-electron chi connectivity index (χ3n) is 3.31. The number of nitrogens with zero attached hydrogens (tertiary/aromatic N) is 1. The Hall–Kier alpha value is -0.360. The van der Waals surface area contributed by atoms with E-state index in [0.717, 1.165) is 32.5 Å². The fraction of sp³-hybridized carbons (Fsp3) is 0.917. The van der Waals surface area contributed by atoms with Gasteiger partial charge in [-0.15, -0.1) is 12.4 Å². The SMILES string of the molecule is CCCN(C(=O)C1COCCO1)C1CCNC1.Cl. The van der Waals surface area contributed by atoms with Crippen molar-refractivity contribution in [1.29, 1.82) is 0 Å². The van der Waals surface area contributed by atoms with Crippen LogP contribution in [-0.4, -0.2) is 62.4 Å². The summed E-state index contributed by atoms with van der Waals surface area (Å²) in [6.45, 7) is 6.34. The Labute approximate surface area is 115 Å². The van der Waals surface area contributed by atoms with Crippen molar-refractivity contribution < 1.29 is 14.3 Å². The number of hydrogen-bond acceptors (Lipinski definition) is 4. The van der Waals surface area contributed by atoms with Crippen LogP contribution in [0.3, 0.4) is 0 Å². The quantitative estimate of drug-likeness (QED) is 0.810. The molecular formula is C12H23ClN2O3. The molecule has 2 saturated heterocycles. The summed E-state index contributed by atoms with van der Waals surface area (Å²) in [7, 11) is 0. The number of amides is 1. The molecule has 0 spiro atoms. The summed E-state index contributed by atoms with van der Waals surface area (Å²) in [4.78, 5) is 14.3. The first kappa shape index (κ1) is 15.7. The predicted molar refractivity (Wildman–Crippen MR) is 71.1 cm³/mol. The van der Waals surface area contributed by atoms with Crippen LogP contribution in [-0.2, 0) is 14.3 Å². The lowest BCUT2D eigenvalue weighted by Crippen LogP contribution is -2.50. The number of carbonyl (C=O) groups excluding carboxylic acids is 1. The molecule has 2 atom stereocenters. The standard InChI is InChI=1S/C12H22N2O3.ClH/c1-2-5-14(10-3-4-13-8-10)12(15)11-9-16-6-7-17-11;/h10-11,13H,2-9H2,1H3;1H. The third-order valence-corrected chi connectivity index (χ3v) is 3.31. The van der Waals surface area contributed by atoms with E-state index in [1.165, 1.54) is 0 Å². The van der Waals surface area contributed by atoms with Crippen LogP contribution in [0, 0.1) is 0 Å². The first-order valence-corrected chi connectivity index (χ1v) is 6.53. The van der Waals surface area contributed by atoms with Crippen molar-refractivity contribution in [3.63, 3.8) is 0 Å². The average Bonchev–Trinajstić information content (AvgIpc) is 2.90. The second kappa shape index (κ2) is 7.94. The lowest BCUT2D eigenvalue weighted by atomic mass is 10.1. The van der Waals surface area contributed by atoms with Gasteiger partial charge >= 0.3 is 0 Å². The highest BCUT2D eigenvalue weighted by Crippen LogP contribution is 2.14. The van der Waals surface area contributed by atoms with Crippen molar-refractivity contribution in [3.8, 4) is 0 Å². The van der Waals surface area contributed by atoms with Gasteiger partial charge in [-0.05, 0) is 19.4 Å². The van der Waals surface area contributed by atoms with E-state index in [4.69, 9.17) is 9.47 Å². The molecule has 2 heterocycles. The minimum atomic E-state index is -0.393. The summed E-state index contributed by atoms with van der Waals surface area (Å²) in [5.41, 5.74) is 0. The molecule has 0 aromatic rings. The van der Waals surface area contributed by atoms with Gasteiger partial charge in [0, 0.05) is 19.1 Å². The minimum Gasteiger partial charge on any atom is -0.376 e. The van der Waals surface area contributed by atoms with Crippen molar-refractivity contribution in [2.45, 2.75) is 31.9 Å². The van der Waals surface area contributed by atoms with Crippen molar-refractivity contribution in [2.75, 3.05) is 39.5 Å². The first-order valence-electron chi connectivity index (χ1n) is 6.53. The fourth-order valence-electron chi connectivity index (χ4n) is 2.43. The van der Waals surface area contributed by atoms with Crippen LogP contribution in [0.4, 0.5) is 0 Å². The van der Waals surface area contributed by atoms with E-state index in [2.05, 4.69) is 12.2 Å². The van der Waals surface area contributed by atoms with E-state index in [-0.39, 0.29) is 18.3 Å². The molecule has 0 bridgehead atoms. The Morgan fingerprint density at radius 2 is 2.28 bits per heavy atom. The van der Waals surface area contributed by atoms with Gasteiger partial charge in [0.25, 0.3) is 5.91 Å². The zero-order chi connectivity index (χ0) is 12.1. The predicted octanol–water partition coefficient (Wildman–Crippen LogP) is 0.424. The number of carbonyl (C=O) groups is 1. The molecule has 2 fully saturated rings. The number of ether oxygens (including phenoxy) is 2. The van der Waals surface area contributed by atoms with Gasteiger partial charge in [0.15, 0.2) is 6.10 Å². The smallest absolute Gasteiger partial charge is 0.254 e. The second-order valence-corrected chi connectivity index (χ2v) is 4.61. The van der Waals surface area contributed by atoms with E-state index < -0.39 is 6.10 Å². The van der Waals surface area contributed by atoms with Crippen molar-refractivity contribution in [3.05, 3.63) is 0 Å². The Bertz CT molecular complexity index is 254. The summed E-state index contributed by atoms with van der Waals surface area (Å²) >= 11 is 0. The maximum absolute atomic E-state index is 12.4. The lowest BCUT2D eigenvalue weighted by Gasteiger charge is -2.33. The molecule has 0 aliphatic carbocycles. The summed E-state index contributed by atoms with van der Waals surface area (Å²) in [5, 5.41) is 3.30. The van der Waals surface area contributed by atoms with Crippen LogP contribution in [0.2, 0.25) is 0 Å². The number of hydrogen-bond donors (Lipinski definition) is 1. The molecular weight excluding hydrogens is 256 g/mol. The molecule has 1 N–H and O–H groups in total. The highest BCUT2D eigenvalue weighted by atomic mass is 35.5. The van der Waals surface area contributed by atoms with Crippen molar-refractivity contribution >= 4 is 18.3 Å². The highest BCUT2D eigenvalue weighted by Gasteiger charge is 2.32. The maximum atomic E-state index is 12.4. The molecule has 2 unspecified atom stereocenters. The Balaban J connectivity index is 0.00000162. The van der Waals surface area contributed by atoms with E-state index in [1.807, 2.05) is 4.90 Å². The van der Waals surface area contributed by atoms with E-state index in [1.54, 1.807) is 0 Å². The van der Waals surface area contributed by atoms with Crippen molar-refractivity contribution in [1.82, 2.24) is 10.2 Å². The molecule has 0 aromatic carbocycles. The summed E-state index contributed by atoms with van der Waals surface area (Å²) in [5.74, 6) is 0.0975. The van der Waals surface area contributed by atoms with Gasteiger partial charge in [0.1, 0.15) is 0 Å². The topological polar surface area (TPSA) is 50.8 Å². The molecule has 0 radical (unpaired) electrons. The zero-order valence-electron chi connectivity index (χ0n) is 10.9. The third kappa shape index (κ3) is 3.82. The summed E-state index contributed by atoms with van der Waals surface area (Å²) in [6, 6.07) is 0.327. The van der Waals surface area contributed by atoms with Gasteiger partial charge in [-0.2, -0.15) is 0 Å². The molecule has 0 aromatic heterocycles. The Morgan fingerprint density at radius 3 is 2.83 bits per heavy atom. The van der Waals surface area contributed by atoms with E-state index in [9.17, 15) is 4.79 Å². The molecule has 5 nitrogen and oxygen atoms in total. The fourth-order valence-corrected chi connectivity index (χ4v) is 2.43. The first-order chi connectivity index (χ1) is 8.33. The Morgan fingerprint density at radius 1 is 1.44 bits per heavy atom. The van der Waals surface area contributed by atoms with Crippen LogP contribution in [0.5, 0.6) is 0 Å². The van der Waals surface area contributed by atoms with Gasteiger partial charge < -0.3 is 19.7 Å². The largest absolute Gasteiger partial charge is 0.376 e. The van der Waals surface area contributed by atoms with Crippen LogP contribution in [0.1, 0.15) is 19.8 Å². The molecule has 106 valence electrons. The second-order valence-electron chi connectivity index (χ2n) is 4.61. The monoisotopic (exact) mass is 278 g/mol. The van der Waals surface area contributed by atoms with E-state index >= 15 is 0 Å². The summed E-state index contributed by atoms with van der Waals surface area (Å²) in [6.07, 6.45) is 1.63. The van der Waals surface area contributed by atoms with E-state index in [0.29, 0.717) is 25.9 Å². The zero-order valence-corrected chi connectivity index (χ0v) is 11.7. The molecule has 0 saturated carbocycles. The minimum absolute atomic E-state index is 0. The molecule has 2 aliphatic heterocycles. The van der Waals surface area contributed by atoms with Gasteiger partial charge in [-0.25, -0.2) is 0 Å². The lowest BCUT2D eigenvalue weighted by molar-refractivity contribution is -0.159. The van der Waals surface area contributed by atoms with Crippen LogP contribution < -0.4 is 5.32 Å². The van der Waals surface area contributed by atoms with Crippen LogP contribution in [0.25, 0.3) is 0 Å². The Kier molecular flexibility index (Phi) is 6.92. The molecule has 6 heteroatoms. The molecule has 2 rings (SSSR count). The highest BCUT2D eigenvalue weighted by molar-refractivity contribution is 5.85. The number of nitrogens with one attached hydrogen (secondary N) is 1. The van der Waals surface area contributed by atoms with Gasteiger partial charge in [-0.1, -0.05) is 6.92 Å². The average molecular weight is 279 g/mol. The van der Waals surface area contributed by atoms with Crippen LogP contribution >= 0.6 is 12.4 Å². The maximum Gasteiger partial charge on any atom is 0.254 e. The van der Waals surface area contributed by atoms with Gasteiger partial charge in [-0.3, -0.25) is 4.79 Å². The van der Waals surface area contributed by atoms with Gasteiger partial charge in [0.2, 0.25) is 0 Å². The van der Waals surface area contributed by atoms with Crippen LogP contribution in [0.15, 0.2) is 0 Å². The molecule has 1 amide bonds. The van der Waals surface area contributed by atoms with Gasteiger partial charge in [0.05, 0.1) is 19.8 Å². The molecule has 2 aliphatic rings. The number of halogens is 1.